The first-order chi connectivity index (χ1) is 17.6. The van der Waals surface area contributed by atoms with E-state index in [0.717, 1.165) is 0 Å². The molecule has 4 rings (SSSR count). The van der Waals surface area contributed by atoms with E-state index in [1.54, 1.807) is 72.8 Å². The number of benzene rings is 4. The van der Waals surface area contributed by atoms with Gasteiger partial charge in [-0.1, -0.05) is 42.5 Å². The lowest BCUT2D eigenvalue weighted by Gasteiger charge is -2.22. The third-order valence-corrected chi connectivity index (χ3v) is 5.39. The van der Waals surface area contributed by atoms with E-state index in [4.69, 9.17) is 14.2 Å². The number of carbonyl (C=O) groups excluding carboxylic acids is 2. The van der Waals surface area contributed by atoms with Crippen LogP contribution in [0, 0.1) is 0 Å². The van der Waals surface area contributed by atoms with Crippen molar-refractivity contribution in [1.82, 2.24) is 10.6 Å². The molecule has 2 N–H and O–H groups in total. The van der Waals surface area contributed by atoms with Gasteiger partial charge >= 0.3 is 0 Å². The molecule has 0 aliphatic rings. The highest BCUT2D eigenvalue weighted by molar-refractivity contribution is 5.97. The van der Waals surface area contributed by atoms with Crippen LogP contribution in [0.1, 0.15) is 32.4 Å². The Morgan fingerprint density at radius 3 is 1.64 bits per heavy atom. The number of para-hydroxylation sites is 1. The van der Waals surface area contributed by atoms with Crippen molar-refractivity contribution in [2.45, 2.75) is 6.17 Å². The molecular formula is C29H26N2O5. The molecule has 182 valence electrons. The third-order valence-electron chi connectivity index (χ3n) is 5.39. The number of methoxy groups -OCH3 is 2. The molecule has 0 fully saturated rings. The van der Waals surface area contributed by atoms with Gasteiger partial charge in [0.25, 0.3) is 11.8 Å². The van der Waals surface area contributed by atoms with Crippen LogP contribution in [0.4, 0.5) is 0 Å². The van der Waals surface area contributed by atoms with Gasteiger partial charge in [0.1, 0.15) is 29.2 Å². The number of rotatable bonds is 9. The summed E-state index contributed by atoms with van der Waals surface area (Å²) in [7, 11) is 3.07. The van der Waals surface area contributed by atoms with Crippen molar-refractivity contribution in [2.75, 3.05) is 14.2 Å². The first-order valence-corrected chi connectivity index (χ1v) is 11.3. The number of carbonyl (C=O) groups is 2. The summed E-state index contributed by atoms with van der Waals surface area (Å²) in [6.07, 6.45) is -0.846. The Morgan fingerprint density at radius 2 is 1.08 bits per heavy atom. The summed E-state index contributed by atoms with van der Waals surface area (Å²) < 4.78 is 16.4. The molecule has 0 bridgehead atoms. The molecule has 0 heterocycles. The monoisotopic (exact) mass is 482 g/mol. The minimum atomic E-state index is -0.846. The second-order valence-corrected chi connectivity index (χ2v) is 7.83. The van der Waals surface area contributed by atoms with Gasteiger partial charge in [-0.15, -0.1) is 0 Å². The molecule has 0 aliphatic carbocycles. The zero-order chi connectivity index (χ0) is 25.3. The Kier molecular flexibility index (Phi) is 7.83. The highest BCUT2D eigenvalue weighted by Gasteiger charge is 2.20. The summed E-state index contributed by atoms with van der Waals surface area (Å²) in [5, 5.41) is 5.82. The SMILES string of the molecule is COc1cccc(C(=O)NC(NC(=O)c2cccc(OC)c2)c2cccc(Oc3ccccc3)c2)c1. The zero-order valence-corrected chi connectivity index (χ0v) is 19.9. The number of nitrogens with one attached hydrogen (secondary N) is 2. The molecule has 36 heavy (non-hydrogen) atoms. The fourth-order valence-corrected chi connectivity index (χ4v) is 3.54. The van der Waals surface area contributed by atoms with Gasteiger partial charge in [-0.2, -0.15) is 0 Å². The lowest BCUT2D eigenvalue weighted by molar-refractivity contribution is 0.0883. The Morgan fingerprint density at radius 1 is 0.583 bits per heavy atom. The maximum atomic E-state index is 13.1. The standard InChI is InChI=1S/C29H26N2O5/c1-34-24-14-7-10-21(18-24)28(32)30-27(31-29(33)22-11-8-15-25(19-22)35-2)20-9-6-16-26(17-20)36-23-12-4-3-5-13-23/h3-19,27H,1-2H3,(H,30,32)(H,31,33). The minimum Gasteiger partial charge on any atom is -0.497 e. The molecule has 0 saturated carbocycles. The molecular weight excluding hydrogens is 456 g/mol. The summed E-state index contributed by atoms with van der Waals surface area (Å²) in [6, 6.07) is 30.1. The van der Waals surface area contributed by atoms with E-state index in [2.05, 4.69) is 10.6 Å². The summed E-state index contributed by atoms with van der Waals surface area (Å²) in [5.74, 6) is 1.59. The topological polar surface area (TPSA) is 85.9 Å². The Bertz CT molecular complexity index is 1280. The normalized spacial score (nSPS) is 10.4. The van der Waals surface area contributed by atoms with Gasteiger partial charge in [-0.05, 0) is 66.2 Å². The molecule has 0 atom stereocenters. The van der Waals surface area contributed by atoms with E-state index in [9.17, 15) is 9.59 Å². The predicted molar refractivity (Wildman–Crippen MR) is 137 cm³/mol. The van der Waals surface area contributed by atoms with Gasteiger partial charge in [-0.3, -0.25) is 9.59 Å². The number of ether oxygens (including phenoxy) is 3. The molecule has 7 heteroatoms. The molecule has 0 spiro atoms. The van der Waals surface area contributed by atoms with Crippen molar-refractivity contribution >= 4 is 11.8 Å². The van der Waals surface area contributed by atoms with E-state index in [1.165, 1.54) is 14.2 Å². The van der Waals surface area contributed by atoms with Crippen LogP contribution in [0.5, 0.6) is 23.0 Å². The molecule has 0 saturated heterocycles. The van der Waals surface area contributed by atoms with Gasteiger partial charge in [0.15, 0.2) is 0 Å². The van der Waals surface area contributed by atoms with Crippen molar-refractivity contribution in [3.63, 3.8) is 0 Å². The van der Waals surface area contributed by atoms with E-state index in [1.807, 2.05) is 30.3 Å². The molecule has 2 amide bonds. The summed E-state index contributed by atoms with van der Waals surface area (Å²) in [6.45, 7) is 0. The molecule has 0 unspecified atom stereocenters. The van der Waals surface area contributed by atoms with Crippen LogP contribution in [0.25, 0.3) is 0 Å². The van der Waals surface area contributed by atoms with Crippen LogP contribution >= 0.6 is 0 Å². The molecule has 4 aromatic rings. The summed E-state index contributed by atoms with van der Waals surface area (Å²) in [4.78, 5) is 26.2. The average molecular weight is 483 g/mol. The highest BCUT2D eigenvalue weighted by atomic mass is 16.5. The third kappa shape index (κ3) is 6.21. The molecule has 0 aromatic heterocycles. The van der Waals surface area contributed by atoms with Gasteiger partial charge in [0.05, 0.1) is 14.2 Å². The van der Waals surface area contributed by atoms with E-state index in [0.29, 0.717) is 39.7 Å². The van der Waals surface area contributed by atoms with E-state index >= 15 is 0 Å². The van der Waals surface area contributed by atoms with Crippen LogP contribution in [-0.4, -0.2) is 26.0 Å². The highest BCUT2D eigenvalue weighted by Crippen LogP contribution is 2.25. The maximum absolute atomic E-state index is 13.1. The summed E-state index contributed by atoms with van der Waals surface area (Å²) >= 11 is 0. The number of amides is 2. The second-order valence-electron chi connectivity index (χ2n) is 7.83. The predicted octanol–water partition coefficient (Wildman–Crippen LogP) is 5.35. The first kappa shape index (κ1) is 24.3. The van der Waals surface area contributed by atoms with Gasteiger partial charge in [0.2, 0.25) is 0 Å². The van der Waals surface area contributed by atoms with Crippen molar-refractivity contribution in [2.24, 2.45) is 0 Å². The number of hydrogen-bond donors (Lipinski definition) is 2. The maximum Gasteiger partial charge on any atom is 0.253 e. The van der Waals surface area contributed by atoms with Crippen LogP contribution in [0.15, 0.2) is 103 Å². The van der Waals surface area contributed by atoms with Gasteiger partial charge < -0.3 is 24.8 Å². The zero-order valence-electron chi connectivity index (χ0n) is 19.9. The fourth-order valence-electron chi connectivity index (χ4n) is 3.54. The van der Waals surface area contributed by atoms with Crippen molar-refractivity contribution < 1.29 is 23.8 Å². The Labute approximate surface area is 209 Å². The van der Waals surface area contributed by atoms with E-state index < -0.39 is 6.17 Å². The van der Waals surface area contributed by atoms with E-state index in [-0.39, 0.29) is 11.8 Å². The average Bonchev–Trinajstić information content (AvgIpc) is 2.93. The Balaban J connectivity index is 1.62. The van der Waals surface area contributed by atoms with Crippen LogP contribution in [0.3, 0.4) is 0 Å². The largest absolute Gasteiger partial charge is 0.497 e. The Hall–Kier alpha value is -4.78. The minimum absolute atomic E-state index is 0.376. The molecule has 0 aliphatic heterocycles. The second kappa shape index (κ2) is 11.6. The van der Waals surface area contributed by atoms with Crippen LogP contribution < -0.4 is 24.8 Å². The van der Waals surface area contributed by atoms with Crippen molar-refractivity contribution in [3.05, 3.63) is 120 Å². The summed E-state index contributed by atoms with van der Waals surface area (Å²) in [5.41, 5.74) is 1.43. The van der Waals surface area contributed by atoms with Gasteiger partial charge in [0, 0.05) is 11.1 Å². The van der Waals surface area contributed by atoms with Crippen LogP contribution in [0.2, 0.25) is 0 Å². The smallest absolute Gasteiger partial charge is 0.253 e. The van der Waals surface area contributed by atoms with Crippen molar-refractivity contribution in [1.29, 1.82) is 0 Å². The molecule has 4 aromatic carbocycles. The number of hydrogen-bond acceptors (Lipinski definition) is 5. The lowest BCUT2D eigenvalue weighted by atomic mass is 10.1. The molecule has 0 radical (unpaired) electrons. The molecule has 7 nitrogen and oxygen atoms in total. The fraction of sp³-hybridized carbons (Fsp3) is 0.103. The van der Waals surface area contributed by atoms with Crippen LogP contribution in [-0.2, 0) is 0 Å². The van der Waals surface area contributed by atoms with Gasteiger partial charge in [-0.25, -0.2) is 0 Å². The first-order valence-electron chi connectivity index (χ1n) is 11.3. The lowest BCUT2D eigenvalue weighted by Crippen LogP contribution is -2.41. The van der Waals surface area contributed by atoms with Crippen molar-refractivity contribution in [3.8, 4) is 23.0 Å². The quantitative estimate of drug-likeness (QED) is 0.314.